The predicted octanol–water partition coefficient (Wildman–Crippen LogP) is 3.16. The summed E-state index contributed by atoms with van der Waals surface area (Å²) in [6, 6.07) is 2.82. The van der Waals surface area contributed by atoms with Crippen molar-refractivity contribution in [3.8, 4) is 0 Å². The molecule has 0 aliphatic rings. The van der Waals surface area contributed by atoms with E-state index in [1.54, 1.807) is 13.0 Å². The van der Waals surface area contributed by atoms with Crippen LogP contribution in [0.15, 0.2) is 21.5 Å². The van der Waals surface area contributed by atoms with Crippen LogP contribution in [0.5, 0.6) is 0 Å². The van der Waals surface area contributed by atoms with E-state index in [0.29, 0.717) is 16.5 Å². The van der Waals surface area contributed by atoms with Crippen LogP contribution >= 0.6 is 15.9 Å². The Balaban J connectivity index is 3.18. The van der Waals surface area contributed by atoms with Crippen LogP contribution in [-0.4, -0.2) is 20.5 Å². The van der Waals surface area contributed by atoms with Gasteiger partial charge < -0.3 is 5.32 Å². The quantitative estimate of drug-likeness (QED) is 0.763. The molecule has 120 valence electrons. The summed E-state index contributed by atoms with van der Waals surface area (Å²) in [5.41, 5.74) is 0.322. The highest BCUT2D eigenvalue weighted by atomic mass is 79.9. The van der Waals surface area contributed by atoms with Crippen LogP contribution in [0.3, 0.4) is 0 Å². The van der Waals surface area contributed by atoms with Gasteiger partial charge in [0.05, 0.1) is 0 Å². The average molecular weight is 381 g/mol. The minimum Gasteiger partial charge on any atom is -0.310 e. The fourth-order valence-corrected chi connectivity index (χ4v) is 3.80. The van der Waals surface area contributed by atoms with Crippen LogP contribution in [0.2, 0.25) is 0 Å². The van der Waals surface area contributed by atoms with Crippen molar-refractivity contribution in [2.45, 2.75) is 57.6 Å². The molecule has 1 aromatic rings. The van der Waals surface area contributed by atoms with Gasteiger partial charge in [-0.1, -0.05) is 36.7 Å². The van der Waals surface area contributed by atoms with E-state index < -0.39 is 15.8 Å². The first kappa shape index (κ1) is 18.5. The molecule has 1 unspecified atom stereocenters. The van der Waals surface area contributed by atoms with E-state index in [2.05, 4.69) is 26.0 Å². The Morgan fingerprint density at radius 1 is 1.29 bits per heavy atom. The molecule has 1 aromatic carbocycles. The first-order valence-corrected chi connectivity index (χ1v) is 9.18. The van der Waals surface area contributed by atoms with Crippen molar-refractivity contribution in [3.63, 3.8) is 0 Å². The standard InChI is InChI=1S/C14H22BrFN2O2S/c1-5-10(4)18-21(19,20)13-7-12(15)6-11(14(13)16)8-17-9(2)3/h6-7,9-10,17-18H,5,8H2,1-4H3. The van der Waals surface area contributed by atoms with Crippen LogP contribution in [-0.2, 0) is 16.6 Å². The van der Waals surface area contributed by atoms with E-state index in [0.717, 1.165) is 0 Å². The molecule has 1 rings (SSSR count). The summed E-state index contributed by atoms with van der Waals surface area (Å²) in [4.78, 5) is -0.322. The topological polar surface area (TPSA) is 58.2 Å². The van der Waals surface area contributed by atoms with Gasteiger partial charge in [0.2, 0.25) is 10.0 Å². The lowest BCUT2D eigenvalue weighted by atomic mass is 10.2. The summed E-state index contributed by atoms with van der Waals surface area (Å²) in [5.74, 6) is -0.706. The number of halogens is 2. The van der Waals surface area contributed by atoms with Crippen molar-refractivity contribution in [1.29, 1.82) is 0 Å². The Hall–Kier alpha value is -0.500. The van der Waals surface area contributed by atoms with Gasteiger partial charge in [-0.2, -0.15) is 0 Å². The highest BCUT2D eigenvalue weighted by Gasteiger charge is 2.23. The lowest BCUT2D eigenvalue weighted by molar-refractivity contribution is 0.521. The molecule has 0 spiro atoms. The molecule has 0 fully saturated rings. The second-order valence-corrected chi connectivity index (χ2v) is 7.94. The Kier molecular flexibility index (Phi) is 6.77. The van der Waals surface area contributed by atoms with E-state index in [4.69, 9.17) is 0 Å². The molecule has 0 saturated heterocycles. The molecular formula is C14H22BrFN2O2S. The minimum atomic E-state index is -3.87. The van der Waals surface area contributed by atoms with E-state index in [-0.39, 0.29) is 23.5 Å². The normalized spacial score (nSPS) is 13.7. The third kappa shape index (κ3) is 5.32. The zero-order valence-electron chi connectivity index (χ0n) is 12.7. The van der Waals surface area contributed by atoms with Crippen LogP contribution in [0, 0.1) is 5.82 Å². The van der Waals surface area contributed by atoms with E-state index in [1.165, 1.54) is 6.07 Å². The third-order valence-electron chi connectivity index (χ3n) is 3.04. The summed E-state index contributed by atoms with van der Waals surface area (Å²) < 4.78 is 42.0. The van der Waals surface area contributed by atoms with Crippen LogP contribution in [0.1, 0.15) is 39.7 Å². The second kappa shape index (κ2) is 7.67. The highest BCUT2D eigenvalue weighted by molar-refractivity contribution is 9.10. The molecule has 2 N–H and O–H groups in total. The van der Waals surface area contributed by atoms with Gasteiger partial charge in [-0.25, -0.2) is 17.5 Å². The zero-order chi connectivity index (χ0) is 16.2. The van der Waals surface area contributed by atoms with Gasteiger partial charge in [-0.15, -0.1) is 0 Å². The maximum Gasteiger partial charge on any atom is 0.243 e. The van der Waals surface area contributed by atoms with Crippen molar-refractivity contribution in [2.24, 2.45) is 0 Å². The van der Waals surface area contributed by atoms with Gasteiger partial charge in [0, 0.05) is 28.7 Å². The molecule has 0 aliphatic heterocycles. The van der Waals surface area contributed by atoms with Crippen molar-refractivity contribution >= 4 is 26.0 Å². The number of sulfonamides is 1. The molecule has 0 aromatic heterocycles. The van der Waals surface area contributed by atoms with Gasteiger partial charge in [0.15, 0.2) is 0 Å². The van der Waals surface area contributed by atoms with Crippen molar-refractivity contribution in [1.82, 2.24) is 10.0 Å². The molecule has 1 atom stereocenters. The molecule has 0 amide bonds. The molecular weight excluding hydrogens is 359 g/mol. The Morgan fingerprint density at radius 3 is 2.43 bits per heavy atom. The van der Waals surface area contributed by atoms with Crippen molar-refractivity contribution in [2.75, 3.05) is 0 Å². The minimum absolute atomic E-state index is 0.182. The van der Waals surface area contributed by atoms with Crippen LogP contribution in [0.25, 0.3) is 0 Å². The summed E-state index contributed by atoms with van der Waals surface area (Å²) in [7, 11) is -3.87. The SMILES string of the molecule is CCC(C)NS(=O)(=O)c1cc(Br)cc(CNC(C)C)c1F. The Morgan fingerprint density at radius 2 is 1.90 bits per heavy atom. The van der Waals surface area contributed by atoms with E-state index in [9.17, 15) is 12.8 Å². The summed E-state index contributed by atoms with van der Waals surface area (Å²) >= 11 is 3.24. The molecule has 0 heterocycles. The van der Waals surface area contributed by atoms with Gasteiger partial charge in [0.1, 0.15) is 10.7 Å². The summed E-state index contributed by atoms with van der Waals surface area (Å²) in [6.07, 6.45) is 0.636. The zero-order valence-corrected chi connectivity index (χ0v) is 15.1. The average Bonchev–Trinajstić information content (AvgIpc) is 2.38. The maximum atomic E-state index is 14.5. The van der Waals surface area contributed by atoms with E-state index in [1.807, 2.05) is 20.8 Å². The van der Waals surface area contributed by atoms with Gasteiger partial charge in [-0.05, 0) is 25.5 Å². The number of rotatable bonds is 7. The largest absolute Gasteiger partial charge is 0.310 e. The maximum absolute atomic E-state index is 14.5. The number of nitrogens with one attached hydrogen (secondary N) is 2. The van der Waals surface area contributed by atoms with Crippen LogP contribution in [0.4, 0.5) is 4.39 Å². The molecule has 0 saturated carbocycles. The predicted molar refractivity (Wildman–Crippen MR) is 86.2 cm³/mol. The molecule has 0 radical (unpaired) electrons. The van der Waals surface area contributed by atoms with Gasteiger partial charge in [0.25, 0.3) is 0 Å². The Labute approximate surface area is 134 Å². The van der Waals surface area contributed by atoms with Crippen LogP contribution < -0.4 is 10.0 Å². The molecule has 0 bridgehead atoms. The monoisotopic (exact) mass is 380 g/mol. The molecule has 21 heavy (non-hydrogen) atoms. The van der Waals surface area contributed by atoms with Crippen molar-refractivity contribution in [3.05, 3.63) is 28.0 Å². The lowest BCUT2D eigenvalue weighted by Gasteiger charge is -2.15. The first-order chi connectivity index (χ1) is 9.67. The fraction of sp³-hybridized carbons (Fsp3) is 0.571. The highest BCUT2D eigenvalue weighted by Crippen LogP contribution is 2.24. The van der Waals surface area contributed by atoms with Crippen molar-refractivity contribution < 1.29 is 12.8 Å². The second-order valence-electron chi connectivity index (χ2n) is 5.34. The molecule has 4 nitrogen and oxygen atoms in total. The lowest BCUT2D eigenvalue weighted by Crippen LogP contribution is -2.33. The van der Waals surface area contributed by atoms with E-state index >= 15 is 0 Å². The molecule has 7 heteroatoms. The molecule has 0 aliphatic carbocycles. The Bertz CT molecular complexity index is 591. The first-order valence-electron chi connectivity index (χ1n) is 6.91. The summed E-state index contributed by atoms with van der Waals surface area (Å²) in [6.45, 7) is 7.77. The number of benzene rings is 1. The summed E-state index contributed by atoms with van der Waals surface area (Å²) in [5, 5.41) is 3.08. The van der Waals surface area contributed by atoms with Gasteiger partial charge >= 0.3 is 0 Å². The smallest absolute Gasteiger partial charge is 0.243 e. The number of hydrogen-bond acceptors (Lipinski definition) is 3. The fourth-order valence-electron chi connectivity index (χ4n) is 1.67. The number of hydrogen-bond donors (Lipinski definition) is 2. The third-order valence-corrected chi connectivity index (χ3v) is 5.08. The van der Waals surface area contributed by atoms with Gasteiger partial charge in [-0.3, -0.25) is 0 Å².